The number of thioether (sulfide) groups is 1. The second-order valence-corrected chi connectivity index (χ2v) is 18.1. The van der Waals surface area contributed by atoms with Gasteiger partial charge < -0.3 is 63.3 Å². The van der Waals surface area contributed by atoms with Crippen molar-refractivity contribution in [2.24, 2.45) is 17.6 Å². The summed E-state index contributed by atoms with van der Waals surface area (Å²) in [6.45, 7) is 7.70. The number of aromatic hydroxyl groups is 1. The van der Waals surface area contributed by atoms with E-state index < -0.39 is 108 Å². The van der Waals surface area contributed by atoms with Gasteiger partial charge in [-0.3, -0.25) is 33.6 Å². The highest BCUT2D eigenvalue weighted by Crippen LogP contribution is 2.14. The number of phenolic OH excluding ortho intramolecular Hbond substituents is 1. The van der Waals surface area contributed by atoms with Gasteiger partial charge in [-0.15, -0.1) is 0 Å². The fraction of sp³-hybridized carbons (Fsp3) is 0.500. The van der Waals surface area contributed by atoms with Crippen molar-refractivity contribution in [2.75, 3.05) is 18.6 Å². The lowest BCUT2D eigenvalue weighted by molar-refractivity contribution is -0.142. The number of aliphatic hydroxyl groups is 1. The number of rotatable bonds is 28. The monoisotopic (exact) mass is 966 g/mol. The van der Waals surface area contributed by atoms with E-state index in [1.165, 1.54) is 55.5 Å². The molecule has 0 unspecified atom stereocenters. The summed E-state index contributed by atoms with van der Waals surface area (Å²) in [5.74, 6) is -6.94. The highest BCUT2D eigenvalue weighted by Gasteiger charge is 2.35. The van der Waals surface area contributed by atoms with E-state index in [9.17, 15) is 53.7 Å². The number of carbonyl (C=O) groups is 8. The van der Waals surface area contributed by atoms with Gasteiger partial charge >= 0.3 is 5.97 Å². The predicted molar refractivity (Wildman–Crippen MR) is 253 cm³/mol. The molecule has 0 radical (unpaired) electrons. The van der Waals surface area contributed by atoms with Crippen LogP contribution in [0.3, 0.4) is 0 Å². The topological polar surface area (TPSA) is 336 Å². The molecule has 13 N–H and O–H groups in total. The molecule has 8 atom stereocenters. The van der Waals surface area contributed by atoms with Gasteiger partial charge in [0.1, 0.15) is 54.1 Å². The Kier molecular flexibility index (Phi) is 22.9. The first kappa shape index (κ1) is 55.8. The third-order valence-electron chi connectivity index (χ3n) is 10.6. The van der Waals surface area contributed by atoms with Gasteiger partial charge in [0.05, 0.1) is 12.9 Å². The Balaban J connectivity index is 1.85. The highest BCUT2D eigenvalue weighted by atomic mass is 32.2. The van der Waals surface area contributed by atoms with Crippen molar-refractivity contribution in [1.82, 2.24) is 47.2 Å². The zero-order chi connectivity index (χ0) is 50.5. The molecule has 22 heteroatoms. The van der Waals surface area contributed by atoms with E-state index in [2.05, 4.69) is 47.2 Å². The van der Waals surface area contributed by atoms with Crippen LogP contribution in [-0.2, 0) is 57.6 Å². The van der Waals surface area contributed by atoms with Crippen molar-refractivity contribution in [1.29, 1.82) is 0 Å². The molecule has 372 valence electrons. The standard InChI is InChI=1S/C46H66N10O11S/c1-25(2)18-34(53-43(63)35(19-28-10-8-7-9-11-28)52-39(59)27(5)50-40(60)32(47)23-57)42(62)54-36(21-30-22-48-24-49-30)44(64)56-38(26(3)4)45(65)51-33(16-17-68-6)41(61)55-37(46(66)67)20-29-12-14-31(58)15-13-29/h7-15,22,24-27,32-38,57-58H,16-21,23,47H2,1-6H3,(H,48,49)(H,50,60)(H,51,65)(H,52,59)(H,53,63)(H,54,62)(H,55,61)(H,56,64)(H,66,67)/t27-,32-,33-,34-,35-,36-,37-,38-/m0/s1. The number of hydrogen-bond acceptors (Lipinski definition) is 13. The van der Waals surface area contributed by atoms with E-state index in [4.69, 9.17) is 5.73 Å². The Hall–Kier alpha value is -6.52. The quantitative estimate of drug-likeness (QED) is 0.0433. The number of carboxylic acid groups (broad SMARTS) is 1. The number of benzene rings is 2. The number of nitrogens with one attached hydrogen (secondary N) is 8. The molecule has 0 bridgehead atoms. The minimum absolute atomic E-state index is 0.00545. The van der Waals surface area contributed by atoms with Gasteiger partial charge in [-0.05, 0) is 66.9 Å². The molecule has 1 heterocycles. The molecule has 0 fully saturated rings. The number of imidazole rings is 1. The van der Waals surface area contributed by atoms with Gasteiger partial charge in [-0.1, -0.05) is 70.2 Å². The molecule has 0 spiro atoms. The van der Waals surface area contributed by atoms with Crippen LogP contribution in [0.1, 0.15) is 64.3 Å². The van der Waals surface area contributed by atoms with Crippen LogP contribution in [0.25, 0.3) is 0 Å². The number of aliphatic hydroxyl groups excluding tert-OH is 1. The van der Waals surface area contributed by atoms with Gasteiger partial charge in [0.25, 0.3) is 0 Å². The third-order valence-corrected chi connectivity index (χ3v) is 11.3. The first-order valence-electron chi connectivity index (χ1n) is 22.2. The number of aliphatic carboxylic acids is 1. The molecule has 0 aliphatic carbocycles. The van der Waals surface area contributed by atoms with Crippen molar-refractivity contribution in [3.63, 3.8) is 0 Å². The molecule has 0 aliphatic heterocycles. The maximum atomic E-state index is 14.2. The molecular weight excluding hydrogens is 901 g/mol. The second-order valence-electron chi connectivity index (χ2n) is 17.1. The second kappa shape index (κ2) is 28.0. The summed E-state index contributed by atoms with van der Waals surface area (Å²) in [6.07, 6.45) is 4.61. The number of phenols is 1. The Bertz CT molecular complexity index is 2130. The van der Waals surface area contributed by atoms with Crippen LogP contribution in [0.15, 0.2) is 67.1 Å². The summed E-state index contributed by atoms with van der Waals surface area (Å²) in [7, 11) is 0. The summed E-state index contributed by atoms with van der Waals surface area (Å²) >= 11 is 1.40. The van der Waals surface area contributed by atoms with Crippen LogP contribution in [0, 0.1) is 11.8 Å². The predicted octanol–water partition coefficient (Wildman–Crippen LogP) is -0.584. The number of aromatic amines is 1. The summed E-state index contributed by atoms with van der Waals surface area (Å²) in [5, 5.41) is 47.2. The Morgan fingerprint density at radius 3 is 1.75 bits per heavy atom. The molecular formula is C46H66N10O11S. The summed E-state index contributed by atoms with van der Waals surface area (Å²) in [6, 6.07) is 4.52. The largest absolute Gasteiger partial charge is 0.508 e. The molecule has 3 aromatic rings. The first-order valence-corrected chi connectivity index (χ1v) is 23.6. The Morgan fingerprint density at radius 2 is 1.18 bits per heavy atom. The smallest absolute Gasteiger partial charge is 0.326 e. The Labute approximate surface area is 399 Å². The van der Waals surface area contributed by atoms with E-state index in [-0.39, 0.29) is 43.8 Å². The minimum Gasteiger partial charge on any atom is -0.508 e. The number of H-pyrrole nitrogens is 1. The van der Waals surface area contributed by atoms with E-state index >= 15 is 0 Å². The number of hydrogen-bond donors (Lipinski definition) is 12. The van der Waals surface area contributed by atoms with Gasteiger partial charge in [0.15, 0.2) is 0 Å². The zero-order valence-corrected chi connectivity index (χ0v) is 39.9. The van der Waals surface area contributed by atoms with Gasteiger partial charge in [-0.2, -0.15) is 11.8 Å². The highest BCUT2D eigenvalue weighted by molar-refractivity contribution is 7.98. The van der Waals surface area contributed by atoms with Crippen LogP contribution in [0.2, 0.25) is 0 Å². The molecule has 0 aliphatic rings. The van der Waals surface area contributed by atoms with Crippen LogP contribution in [-0.4, -0.2) is 140 Å². The fourth-order valence-corrected chi connectivity index (χ4v) is 7.26. The summed E-state index contributed by atoms with van der Waals surface area (Å²) < 4.78 is 0. The van der Waals surface area contributed by atoms with E-state index in [1.54, 1.807) is 50.4 Å². The SMILES string of the molecule is CSCC[C@H](NC(=O)[C@@H](NC(=O)[C@H](Cc1cnc[nH]1)NC(=O)[C@H](CC(C)C)NC(=O)[C@H](Cc1ccccc1)NC(=O)[C@H](C)NC(=O)[C@@H](N)CO)C(C)C)C(=O)N[C@@H](Cc1ccc(O)cc1)C(=O)O. The summed E-state index contributed by atoms with van der Waals surface area (Å²) in [5.41, 5.74) is 7.24. The van der Waals surface area contributed by atoms with Crippen molar-refractivity contribution in [3.8, 4) is 5.75 Å². The average molecular weight is 967 g/mol. The van der Waals surface area contributed by atoms with E-state index in [0.717, 1.165) is 0 Å². The molecule has 0 saturated heterocycles. The molecule has 2 aromatic carbocycles. The number of carboxylic acids is 1. The molecule has 7 amide bonds. The number of nitrogens with zero attached hydrogens (tertiary/aromatic N) is 1. The van der Waals surface area contributed by atoms with Crippen molar-refractivity contribution >= 4 is 59.1 Å². The maximum absolute atomic E-state index is 14.2. The van der Waals surface area contributed by atoms with Crippen LogP contribution in [0.4, 0.5) is 0 Å². The summed E-state index contributed by atoms with van der Waals surface area (Å²) in [4.78, 5) is 115. The number of nitrogens with two attached hydrogens (primary N) is 1. The molecule has 21 nitrogen and oxygen atoms in total. The maximum Gasteiger partial charge on any atom is 0.326 e. The lowest BCUT2D eigenvalue weighted by atomic mass is 9.99. The lowest BCUT2D eigenvalue weighted by Gasteiger charge is -2.29. The Morgan fingerprint density at radius 1 is 0.647 bits per heavy atom. The van der Waals surface area contributed by atoms with Crippen LogP contribution >= 0.6 is 11.8 Å². The first-order chi connectivity index (χ1) is 32.2. The van der Waals surface area contributed by atoms with Crippen LogP contribution in [0.5, 0.6) is 5.75 Å². The lowest BCUT2D eigenvalue weighted by Crippen LogP contribution is -2.61. The van der Waals surface area contributed by atoms with E-state index in [0.29, 0.717) is 22.6 Å². The normalized spacial score (nSPS) is 14.7. The molecule has 1 aromatic heterocycles. The average Bonchev–Trinajstić information content (AvgIpc) is 3.81. The van der Waals surface area contributed by atoms with Gasteiger partial charge in [0, 0.05) is 31.2 Å². The van der Waals surface area contributed by atoms with Crippen LogP contribution < -0.4 is 43.0 Å². The number of amides is 7. The fourth-order valence-electron chi connectivity index (χ4n) is 6.79. The molecule has 3 rings (SSSR count). The number of carbonyl (C=O) groups excluding carboxylic acids is 7. The molecule has 68 heavy (non-hydrogen) atoms. The molecule has 0 saturated carbocycles. The zero-order valence-electron chi connectivity index (χ0n) is 39.1. The van der Waals surface area contributed by atoms with Crippen molar-refractivity contribution in [3.05, 3.63) is 83.9 Å². The van der Waals surface area contributed by atoms with Crippen molar-refractivity contribution < 1.29 is 53.7 Å². The number of aromatic nitrogens is 2. The minimum atomic E-state index is -1.37. The van der Waals surface area contributed by atoms with Gasteiger partial charge in [0.2, 0.25) is 41.4 Å². The third kappa shape index (κ3) is 18.6. The van der Waals surface area contributed by atoms with E-state index in [1.807, 2.05) is 13.8 Å². The van der Waals surface area contributed by atoms with Gasteiger partial charge in [-0.25, -0.2) is 9.78 Å². The van der Waals surface area contributed by atoms with Crippen molar-refractivity contribution in [2.45, 2.75) is 115 Å².